The van der Waals surface area contributed by atoms with Crippen molar-refractivity contribution in [1.29, 1.82) is 0 Å². The van der Waals surface area contributed by atoms with Crippen molar-refractivity contribution in [2.75, 3.05) is 0 Å². The van der Waals surface area contributed by atoms with Crippen molar-refractivity contribution in [1.82, 2.24) is 10.6 Å². The van der Waals surface area contributed by atoms with Gasteiger partial charge in [0.2, 0.25) is 0 Å². The number of nitrogens with one attached hydrogen (secondary N) is 2. The summed E-state index contributed by atoms with van der Waals surface area (Å²) < 4.78 is 0. The Balaban J connectivity index is 4.69. The van der Waals surface area contributed by atoms with Crippen molar-refractivity contribution >= 4 is 23.3 Å². The fraction of sp³-hybridized carbons (Fsp3) is 0.889. The van der Waals surface area contributed by atoms with Gasteiger partial charge in [-0.1, -0.05) is 0 Å². The molecule has 0 aliphatic rings. The zero-order valence-electron chi connectivity index (χ0n) is 17.4. The van der Waals surface area contributed by atoms with Crippen LogP contribution in [0.5, 0.6) is 0 Å². The van der Waals surface area contributed by atoms with Crippen molar-refractivity contribution in [2.45, 2.75) is 103 Å². The van der Waals surface area contributed by atoms with Crippen LogP contribution in [0.15, 0.2) is 4.99 Å². The van der Waals surface area contributed by atoms with Gasteiger partial charge in [0.25, 0.3) is 0 Å². The number of aliphatic imine (C=N–C) groups is 1. The van der Waals surface area contributed by atoms with Crippen LogP contribution in [0.4, 0.5) is 0 Å². The molecule has 0 amide bonds. The summed E-state index contributed by atoms with van der Waals surface area (Å²) in [6, 6.07) is 0. The number of rotatable bonds is 10. The minimum Gasteiger partial charge on any atom is -0.376 e. The van der Waals surface area contributed by atoms with Crippen LogP contribution >= 0.6 is 12.2 Å². The van der Waals surface area contributed by atoms with Crippen molar-refractivity contribution in [3.63, 3.8) is 0 Å². The Kier molecular flexibility index (Phi) is 8.17. The van der Waals surface area contributed by atoms with Crippen molar-refractivity contribution in [3.8, 4) is 0 Å². The van der Waals surface area contributed by atoms with Gasteiger partial charge in [0.1, 0.15) is 0 Å². The van der Waals surface area contributed by atoms with Gasteiger partial charge >= 0.3 is 0 Å². The maximum atomic E-state index is 5.61. The molecule has 0 atom stereocenters. The Morgan fingerprint density at radius 2 is 1.16 bits per heavy atom. The maximum absolute atomic E-state index is 5.61. The molecule has 8 N–H and O–H groups in total. The highest BCUT2D eigenvalue weighted by Gasteiger charge is 2.31. The van der Waals surface area contributed by atoms with Gasteiger partial charge < -0.3 is 27.8 Å². The highest BCUT2D eigenvalue weighted by molar-refractivity contribution is 7.80. The zero-order valence-corrected chi connectivity index (χ0v) is 18.2. The quantitative estimate of drug-likeness (QED) is 0.228. The van der Waals surface area contributed by atoms with Crippen molar-refractivity contribution in [3.05, 3.63) is 0 Å². The minimum absolute atomic E-state index is 0.0149. The molecule has 0 bridgehead atoms. The average Bonchev–Trinajstić information content (AvgIpc) is 2.30. The molecule has 148 valence electrons. The summed E-state index contributed by atoms with van der Waals surface area (Å²) in [4.78, 5) is 4.32. The Bertz CT molecular complexity index is 476. The first-order valence-electron chi connectivity index (χ1n) is 8.93. The highest BCUT2D eigenvalue weighted by atomic mass is 32.1. The third kappa shape index (κ3) is 12.0. The van der Waals surface area contributed by atoms with E-state index in [0.717, 1.165) is 25.7 Å². The molecule has 0 aromatic rings. The summed E-state index contributed by atoms with van der Waals surface area (Å²) in [7, 11) is 0. The molecule has 0 spiro atoms. The molecule has 0 aliphatic heterocycles. The van der Waals surface area contributed by atoms with E-state index < -0.39 is 0 Å². The lowest BCUT2D eigenvalue weighted by Gasteiger charge is -2.40. The molecule has 0 saturated heterocycles. The second kappa shape index (κ2) is 8.54. The molecule has 0 saturated carbocycles. The van der Waals surface area contributed by atoms with Gasteiger partial charge in [0, 0.05) is 16.6 Å². The number of guanidine groups is 1. The molecule has 0 unspecified atom stereocenters. The first kappa shape index (κ1) is 23.9. The van der Waals surface area contributed by atoms with E-state index in [1.54, 1.807) is 0 Å². The third-order valence-corrected chi connectivity index (χ3v) is 4.41. The van der Waals surface area contributed by atoms with Gasteiger partial charge in [-0.15, -0.1) is 0 Å². The van der Waals surface area contributed by atoms with Crippen LogP contribution in [0.2, 0.25) is 0 Å². The smallest absolute Gasteiger partial charge is 0.186 e. The predicted octanol–water partition coefficient (Wildman–Crippen LogP) is 2.36. The molecule has 0 rings (SSSR count). The van der Waals surface area contributed by atoms with Gasteiger partial charge in [0.05, 0.1) is 5.54 Å². The Labute approximate surface area is 159 Å². The first-order valence-corrected chi connectivity index (χ1v) is 9.34. The topological polar surface area (TPSA) is 114 Å². The second-order valence-corrected chi connectivity index (χ2v) is 10.1. The molecule has 6 nitrogen and oxygen atoms in total. The largest absolute Gasteiger partial charge is 0.376 e. The number of nitrogens with zero attached hydrogens (tertiary/aromatic N) is 1. The first-order chi connectivity index (χ1) is 11.0. The lowest BCUT2D eigenvalue weighted by molar-refractivity contribution is 0.210. The molecule has 25 heavy (non-hydrogen) atoms. The molecule has 7 heteroatoms. The van der Waals surface area contributed by atoms with E-state index in [1.807, 2.05) is 0 Å². The van der Waals surface area contributed by atoms with Gasteiger partial charge in [-0.3, -0.25) is 0 Å². The van der Waals surface area contributed by atoms with Crippen LogP contribution in [-0.4, -0.2) is 33.2 Å². The Hall–Kier alpha value is -1.08. The van der Waals surface area contributed by atoms with Crippen molar-refractivity contribution in [2.24, 2.45) is 22.2 Å². The number of thiocarbonyl (C=S) groups is 1. The molecule has 0 heterocycles. The summed E-state index contributed by atoms with van der Waals surface area (Å²) in [5, 5.41) is 7.29. The molecular weight excluding hydrogens is 332 g/mol. The molecule has 0 aromatic heterocycles. The van der Waals surface area contributed by atoms with Gasteiger partial charge in [0.15, 0.2) is 11.1 Å². The van der Waals surface area contributed by atoms with Gasteiger partial charge in [-0.2, -0.15) is 0 Å². The second-order valence-electron chi connectivity index (χ2n) is 9.62. The fourth-order valence-corrected chi connectivity index (χ4v) is 3.36. The van der Waals surface area contributed by atoms with Crippen LogP contribution in [0.25, 0.3) is 0 Å². The van der Waals surface area contributed by atoms with Crippen LogP contribution in [0.3, 0.4) is 0 Å². The Morgan fingerprint density at radius 3 is 1.56 bits per heavy atom. The fourth-order valence-electron chi connectivity index (χ4n) is 3.09. The molecule has 0 fully saturated rings. The van der Waals surface area contributed by atoms with E-state index in [9.17, 15) is 0 Å². The predicted molar refractivity (Wildman–Crippen MR) is 114 cm³/mol. The van der Waals surface area contributed by atoms with E-state index in [-0.39, 0.29) is 28.1 Å². The summed E-state index contributed by atoms with van der Waals surface area (Å²) in [5.41, 5.74) is 16.2. The van der Waals surface area contributed by atoms with Crippen molar-refractivity contribution < 1.29 is 0 Å². The number of hydrogen-bond acceptors (Lipinski definition) is 3. The molecule has 0 radical (unpaired) electrons. The third-order valence-electron chi connectivity index (χ3n) is 4.31. The monoisotopic (exact) mass is 372 g/mol. The standard InChI is InChI=1S/C18H40N6S/c1-15(2,22-13(19)20)9-11-17(5,6)24-18(7,8)12-10-16(3,4)23-14(21)25/h24H,9-12H2,1-8H3,(H4,19,20,22)(H3,21,23,25). The summed E-state index contributed by atoms with van der Waals surface area (Å²) in [6.45, 7) is 17.2. The van der Waals surface area contributed by atoms with Crippen LogP contribution < -0.4 is 27.8 Å². The van der Waals surface area contributed by atoms with E-state index in [0.29, 0.717) is 5.11 Å². The number of hydrogen-bond donors (Lipinski definition) is 5. The summed E-state index contributed by atoms with van der Waals surface area (Å²) in [5.74, 6) is 0.142. The van der Waals surface area contributed by atoms with Gasteiger partial charge in [-0.25, -0.2) is 4.99 Å². The SMILES string of the molecule is CC(C)(CCC(C)(C)NC(C)(C)CCC(C)(C)NC(N)=S)N=C(N)N. The van der Waals surface area contributed by atoms with Crippen LogP contribution in [0.1, 0.15) is 81.1 Å². The zero-order chi connectivity index (χ0) is 20.1. The molecular formula is C18H40N6S. The minimum atomic E-state index is -0.259. The number of nitrogens with two attached hydrogens (primary N) is 3. The van der Waals surface area contributed by atoms with Gasteiger partial charge in [-0.05, 0) is 93.3 Å². The lowest BCUT2D eigenvalue weighted by Crippen LogP contribution is -2.54. The summed E-state index contributed by atoms with van der Waals surface area (Å²) in [6.07, 6.45) is 3.82. The molecule has 0 aromatic carbocycles. The van der Waals surface area contributed by atoms with E-state index in [1.165, 1.54) is 0 Å². The lowest BCUT2D eigenvalue weighted by atomic mass is 9.84. The van der Waals surface area contributed by atoms with E-state index >= 15 is 0 Å². The normalized spacial score (nSPS) is 13.4. The summed E-state index contributed by atoms with van der Waals surface area (Å²) >= 11 is 4.96. The van der Waals surface area contributed by atoms with E-state index in [2.05, 4.69) is 71.0 Å². The van der Waals surface area contributed by atoms with Crippen LogP contribution in [0, 0.1) is 0 Å². The van der Waals surface area contributed by atoms with Crippen LogP contribution in [-0.2, 0) is 0 Å². The highest BCUT2D eigenvalue weighted by Crippen LogP contribution is 2.26. The Morgan fingerprint density at radius 1 is 0.760 bits per heavy atom. The molecule has 0 aliphatic carbocycles. The average molecular weight is 373 g/mol. The maximum Gasteiger partial charge on any atom is 0.186 e. The van der Waals surface area contributed by atoms with E-state index in [4.69, 9.17) is 29.4 Å².